The number of hydrogen-bond acceptors (Lipinski definition) is 3. The first-order valence-electron chi connectivity index (χ1n) is 4.59. The molecule has 0 aliphatic rings. The van der Waals surface area contributed by atoms with Crippen LogP contribution in [0, 0.1) is 5.92 Å². The van der Waals surface area contributed by atoms with Gasteiger partial charge in [0.1, 0.15) is 5.92 Å². The second-order valence-electron chi connectivity index (χ2n) is 3.65. The second kappa shape index (κ2) is 5.57. The van der Waals surface area contributed by atoms with E-state index in [-0.39, 0.29) is 6.26 Å². The number of hydrogen-bond donors (Lipinski definition) is 1. The maximum absolute atomic E-state index is 12.3. The van der Waals surface area contributed by atoms with Crippen molar-refractivity contribution >= 4 is 10.1 Å². The van der Waals surface area contributed by atoms with Crippen LogP contribution in [0.5, 0.6) is 0 Å². The van der Waals surface area contributed by atoms with Crippen molar-refractivity contribution in [1.29, 1.82) is 0 Å². The zero-order chi connectivity index (χ0) is 15.6. The Labute approximate surface area is 104 Å². The van der Waals surface area contributed by atoms with Crippen molar-refractivity contribution in [2.45, 2.75) is 31.6 Å². The van der Waals surface area contributed by atoms with Gasteiger partial charge >= 0.3 is 22.5 Å². The molecular formula is C8H10F6O4S. The van der Waals surface area contributed by atoms with Crippen LogP contribution in [0.2, 0.25) is 0 Å². The fourth-order valence-corrected chi connectivity index (χ4v) is 1.70. The minimum atomic E-state index is -5.34. The van der Waals surface area contributed by atoms with Crippen LogP contribution < -0.4 is 0 Å². The minimum absolute atomic E-state index is 0.180. The lowest BCUT2D eigenvalue weighted by Gasteiger charge is -2.23. The molecule has 0 bridgehead atoms. The molecule has 19 heavy (non-hydrogen) atoms. The first-order chi connectivity index (χ1) is 8.17. The van der Waals surface area contributed by atoms with Crippen LogP contribution in [0.4, 0.5) is 26.3 Å². The topological polar surface area (TPSA) is 63.6 Å². The molecular weight excluding hydrogens is 306 g/mol. The summed E-state index contributed by atoms with van der Waals surface area (Å²) in [6, 6.07) is 0. The minimum Gasteiger partial charge on any atom is -0.479 e. The molecule has 0 fully saturated rings. The standard InChI is InChI=1S/C8H10F6O4S/c1-4(7(9,10)11)3-18-6(19(15,16)17)5(2)8(12,13)14/h3,5-6H,1-2H3,(H,15,16,17). The normalized spacial score (nSPS) is 18.1. The summed E-state index contributed by atoms with van der Waals surface area (Å²) < 4.78 is 107. The molecule has 0 spiro atoms. The summed E-state index contributed by atoms with van der Waals surface area (Å²) in [5.74, 6) is -2.71. The van der Waals surface area contributed by atoms with Crippen LogP contribution in [0.3, 0.4) is 0 Å². The first-order valence-corrected chi connectivity index (χ1v) is 6.10. The zero-order valence-electron chi connectivity index (χ0n) is 9.58. The van der Waals surface area contributed by atoms with Gasteiger partial charge in [-0.1, -0.05) is 0 Å². The lowest BCUT2D eigenvalue weighted by atomic mass is 10.2. The third kappa shape index (κ3) is 5.68. The number of allylic oxidation sites excluding steroid dienone is 1. The van der Waals surface area contributed by atoms with E-state index in [1.54, 1.807) is 0 Å². The van der Waals surface area contributed by atoms with Gasteiger partial charge in [0.2, 0.25) is 5.44 Å². The molecule has 2 atom stereocenters. The van der Waals surface area contributed by atoms with Gasteiger partial charge in [-0.25, -0.2) is 0 Å². The second-order valence-corrected chi connectivity index (χ2v) is 5.14. The highest BCUT2D eigenvalue weighted by Gasteiger charge is 2.48. The number of ether oxygens (including phenoxy) is 1. The average molecular weight is 316 g/mol. The summed E-state index contributed by atoms with van der Waals surface area (Å²) in [6.07, 6.45) is -10.1. The van der Waals surface area contributed by atoms with Gasteiger partial charge in [-0.2, -0.15) is 34.8 Å². The van der Waals surface area contributed by atoms with Gasteiger partial charge in [-0.15, -0.1) is 0 Å². The third-order valence-electron chi connectivity index (χ3n) is 2.04. The van der Waals surface area contributed by atoms with Crippen LogP contribution in [-0.4, -0.2) is 30.8 Å². The van der Waals surface area contributed by atoms with Gasteiger partial charge in [0.05, 0.1) is 11.8 Å². The highest BCUT2D eigenvalue weighted by Crippen LogP contribution is 2.33. The summed E-state index contributed by atoms with van der Waals surface area (Å²) >= 11 is 0. The molecule has 0 aliphatic heterocycles. The Morgan fingerprint density at radius 3 is 1.89 bits per heavy atom. The molecule has 0 aromatic carbocycles. The van der Waals surface area contributed by atoms with Crippen molar-refractivity contribution in [3.63, 3.8) is 0 Å². The SMILES string of the molecule is CC(=COC(C(C)C(F)(F)F)S(=O)(=O)O)C(F)(F)F. The van der Waals surface area contributed by atoms with Crippen LogP contribution in [0.1, 0.15) is 13.8 Å². The molecule has 0 amide bonds. The number of alkyl halides is 6. The van der Waals surface area contributed by atoms with E-state index in [0.29, 0.717) is 13.8 Å². The molecule has 0 saturated carbocycles. The Morgan fingerprint density at radius 1 is 1.21 bits per heavy atom. The monoisotopic (exact) mass is 316 g/mol. The van der Waals surface area contributed by atoms with Crippen molar-refractivity contribution in [3.05, 3.63) is 11.8 Å². The predicted octanol–water partition coefficient (Wildman–Crippen LogP) is 2.88. The van der Waals surface area contributed by atoms with Crippen LogP contribution in [0.25, 0.3) is 0 Å². The van der Waals surface area contributed by atoms with E-state index in [1.807, 2.05) is 0 Å². The fourth-order valence-electron chi connectivity index (χ4n) is 0.836. The van der Waals surface area contributed by atoms with Crippen LogP contribution in [0.15, 0.2) is 11.8 Å². The van der Waals surface area contributed by atoms with Crippen molar-refractivity contribution < 1.29 is 44.0 Å². The van der Waals surface area contributed by atoms with E-state index < -0.39 is 39.4 Å². The number of rotatable bonds is 4. The molecule has 1 N–H and O–H groups in total. The quantitative estimate of drug-likeness (QED) is 0.492. The first kappa shape index (κ1) is 18.0. The van der Waals surface area contributed by atoms with Crippen molar-refractivity contribution in [1.82, 2.24) is 0 Å². The molecule has 0 heterocycles. The molecule has 0 aromatic rings. The number of halogens is 6. The van der Waals surface area contributed by atoms with E-state index in [4.69, 9.17) is 4.55 Å². The predicted molar refractivity (Wildman–Crippen MR) is 51.5 cm³/mol. The Bertz CT molecular complexity index is 435. The molecule has 0 aliphatic carbocycles. The maximum Gasteiger partial charge on any atom is 0.415 e. The molecule has 114 valence electrons. The van der Waals surface area contributed by atoms with E-state index in [2.05, 4.69) is 4.74 Å². The van der Waals surface area contributed by atoms with Gasteiger partial charge in [0, 0.05) is 0 Å². The molecule has 0 aromatic heterocycles. The summed E-state index contributed by atoms with van der Waals surface area (Å²) in [5, 5.41) is 0. The van der Waals surface area contributed by atoms with Crippen molar-refractivity contribution in [2.75, 3.05) is 0 Å². The molecule has 0 saturated heterocycles. The summed E-state index contributed by atoms with van der Waals surface area (Å²) in [6.45, 7) is 0.828. The maximum atomic E-state index is 12.3. The van der Waals surface area contributed by atoms with Gasteiger partial charge in [0.25, 0.3) is 0 Å². The summed E-state index contributed by atoms with van der Waals surface area (Å²) in [7, 11) is -5.34. The van der Waals surface area contributed by atoms with E-state index >= 15 is 0 Å². The zero-order valence-corrected chi connectivity index (χ0v) is 10.4. The van der Waals surface area contributed by atoms with Crippen LogP contribution >= 0.6 is 0 Å². The lowest BCUT2D eigenvalue weighted by molar-refractivity contribution is -0.185. The summed E-state index contributed by atoms with van der Waals surface area (Å²) in [5.41, 5.74) is -4.32. The largest absolute Gasteiger partial charge is 0.479 e. The Morgan fingerprint density at radius 2 is 1.63 bits per heavy atom. The Hall–Kier alpha value is -0.970. The molecule has 2 unspecified atom stereocenters. The van der Waals surface area contributed by atoms with E-state index in [0.717, 1.165) is 0 Å². The van der Waals surface area contributed by atoms with Gasteiger partial charge in [-0.3, -0.25) is 4.55 Å². The van der Waals surface area contributed by atoms with Crippen LogP contribution in [-0.2, 0) is 14.9 Å². The third-order valence-corrected chi connectivity index (χ3v) is 3.15. The average Bonchev–Trinajstić information content (AvgIpc) is 2.12. The molecule has 4 nitrogen and oxygen atoms in total. The van der Waals surface area contributed by atoms with Crippen molar-refractivity contribution in [2.24, 2.45) is 5.92 Å². The van der Waals surface area contributed by atoms with Gasteiger partial charge in [-0.05, 0) is 13.8 Å². The van der Waals surface area contributed by atoms with Gasteiger partial charge < -0.3 is 4.74 Å². The van der Waals surface area contributed by atoms with E-state index in [1.165, 1.54) is 0 Å². The smallest absolute Gasteiger partial charge is 0.415 e. The van der Waals surface area contributed by atoms with E-state index in [9.17, 15) is 34.8 Å². The van der Waals surface area contributed by atoms with Gasteiger partial charge in [0.15, 0.2) is 0 Å². The molecule has 11 heteroatoms. The highest BCUT2D eigenvalue weighted by atomic mass is 32.2. The fraction of sp³-hybridized carbons (Fsp3) is 0.750. The Balaban J connectivity index is 5.26. The molecule has 0 radical (unpaired) electrons. The lowest BCUT2D eigenvalue weighted by Crippen LogP contribution is -2.38. The summed E-state index contributed by atoms with van der Waals surface area (Å²) in [4.78, 5) is 0. The molecule has 0 rings (SSSR count). The van der Waals surface area contributed by atoms with Crippen molar-refractivity contribution in [3.8, 4) is 0 Å². The highest BCUT2D eigenvalue weighted by molar-refractivity contribution is 7.86. The Kier molecular flexibility index (Phi) is 5.29.